The summed E-state index contributed by atoms with van der Waals surface area (Å²) in [5.74, 6) is -1.34. The number of carboxylic acids is 1. The van der Waals surface area contributed by atoms with Crippen LogP contribution in [0.3, 0.4) is 0 Å². The minimum absolute atomic E-state index is 0.0766. The molecule has 4 aromatic rings. The van der Waals surface area contributed by atoms with Crippen LogP contribution in [0.4, 0.5) is 18.9 Å². The number of nitrogens with one attached hydrogen (secondary N) is 1. The lowest BCUT2D eigenvalue weighted by Crippen LogP contribution is -2.06. The maximum absolute atomic E-state index is 13.1. The molecule has 0 aliphatic carbocycles. The number of anilines is 1. The van der Waals surface area contributed by atoms with Gasteiger partial charge in [0.15, 0.2) is 0 Å². The van der Waals surface area contributed by atoms with Crippen molar-refractivity contribution in [1.82, 2.24) is 9.97 Å². The average Bonchev–Trinajstić information content (AvgIpc) is 2.78. The third kappa shape index (κ3) is 4.12. The summed E-state index contributed by atoms with van der Waals surface area (Å²) in [7, 11) is 0. The van der Waals surface area contributed by atoms with Crippen LogP contribution in [0.1, 0.15) is 22.8 Å². The number of carbonyl (C=O) groups is 1. The highest BCUT2D eigenvalue weighted by Gasteiger charge is 2.31. The average molecular weight is 437 g/mol. The topological polar surface area (TPSA) is 75.1 Å². The second-order valence-electron chi connectivity index (χ2n) is 7.10. The Morgan fingerprint density at radius 2 is 1.81 bits per heavy atom. The molecule has 0 bridgehead atoms. The zero-order chi connectivity index (χ0) is 22.9. The molecule has 2 heterocycles. The summed E-state index contributed by atoms with van der Waals surface area (Å²) in [5, 5.41) is 12.8. The lowest BCUT2D eigenvalue weighted by molar-refractivity contribution is -0.137. The first kappa shape index (κ1) is 21.3. The fourth-order valence-corrected chi connectivity index (χ4v) is 3.49. The maximum atomic E-state index is 13.1. The molecular formula is C24H18F3N3O2. The van der Waals surface area contributed by atoms with Gasteiger partial charge >= 0.3 is 12.1 Å². The Morgan fingerprint density at radius 1 is 1.03 bits per heavy atom. The zero-order valence-electron chi connectivity index (χ0n) is 16.9. The zero-order valence-corrected chi connectivity index (χ0v) is 16.9. The summed E-state index contributed by atoms with van der Waals surface area (Å²) in [6.45, 7) is 2.76. The molecule has 32 heavy (non-hydrogen) atoms. The lowest BCUT2D eigenvalue weighted by atomic mass is 10.0. The number of nitrogens with zero attached hydrogens (tertiary/aromatic N) is 2. The molecular weight excluding hydrogens is 419 g/mol. The van der Waals surface area contributed by atoms with E-state index in [1.54, 1.807) is 12.3 Å². The van der Waals surface area contributed by atoms with Gasteiger partial charge in [-0.05, 0) is 43.3 Å². The van der Waals surface area contributed by atoms with Crippen molar-refractivity contribution in [3.63, 3.8) is 0 Å². The molecule has 0 saturated carbocycles. The highest BCUT2D eigenvalue weighted by Crippen LogP contribution is 2.34. The number of hydrogen-bond acceptors (Lipinski definition) is 4. The van der Waals surface area contributed by atoms with Crippen LogP contribution in [0.5, 0.6) is 0 Å². The molecule has 0 fully saturated rings. The normalized spacial score (nSPS) is 11.5. The molecule has 0 atom stereocenters. The summed E-state index contributed by atoms with van der Waals surface area (Å²) >= 11 is 0. The predicted octanol–water partition coefficient (Wildman–Crippen LogP) is 6.11. The number of aromatic nitrogens is 2. The first-order chi connectivity index (χ1) is 15.3. The van der Waals surface area contributed by atoms with Crippen LogP contribution in [-0.4, -0.2) is 27.6 Å². The van der Waals surface area contributed by atoms with Crippen LogP contribution < -0.4 is 5.32 Å². The van der Waals surface area contributed by atoms with Gasteiger partial charge in [0.25, 0.3) is 0 Å². The van der Waals surface area contributed by atoms with Gasteiger partial charge in [0.2, 0.25) is 0 Å². The summed E-state index contributed by atoms with van der Waals surface area (Å²) in [5.41, 5.74) is 2.42. The summed E-state index contributed by atoms with van der Waals surface area (Å²) < 4.78 is 39.2. The monoisotopic (exact) mass is 437 g/mol. The third-order valence-electron chi connectivity index (χ3n) is 5.00. The molecule has 0 unspecified atom stereocenters. The highest BCUT2D eigenvalue weighted by molar-refractivity contribution is 6.04. The van der Waals surface area contributed by atoms with E-state index in [-0.39, 0.29) is 22.2 Å². The Labute approximate surface area is 181 Å². The largest absolute Gasteiger partial charge is 0.478 e. The third-order valence-corrected chi connectivity index (χ3v) is 5.00. The van der Waals surface area contributed by atoms with Crippen molar-refractivity contribution in [2.75, 3.05) is 11.9 Å². The van der Waals surface area contributed by atoms with Gasteiger partial charge in [0.1, 0.15) is 0 Å². The Morgan fingerprint density at radius 3 is 2.47 bits per heavy atom. The van der Waals surface area contributed by atoms with E-state index in [2.05, 4.69) is 15.3 Å². The van der Waals surface area contributed by atoms with Crippen LogP contribution in [0.25, 0.3) is 33.4 Å². The summed E-state index contributed by atoms with van der Waals surface area (Å²) in [6, 6.07) is 15.5. The van der Waals surface area contributed by atoms with Crippen molar-refractivity contribution in [1.29, 1.82) is 0 Å². The Hall–Kier alpha value is -3.94. The minimum atomic E-state index is -4.58. The van der Waals surface area contributed by atoms with Gasteiger partial charge in [-0.1, -0.05) is 24.3 Å². The first-order valence-corrected chi connectivity index (χ1v) is 9.83. The summed E-state index contributed by atoms with van der Waals surface area (Å²) in [4.78, 5) is 20.5. The van der Waals surface area contributed by atoms with Crippen LogP contribution in [0.2, 0.25) is 0 Å². The van der Waals surface area contributed by atoms with Gasteiger partial charge in [-0.2, -0.15) is 13.2 Å². The molecule has 8 heteroatoms. The molecule has 5 nitrogen and oxygen atoms in total. The van der Waals surface area contributed by atoms with E-state index in [0.717, 1.165) is 35.5 Å². The van der Waals surface area contributed by atoms with Crippen molar-refractivity contribution >= 4 is 22.6 Å². The smallest absolute Gasteiger partial charge is 0.416 e. The number of carboxylic acid groups (broad SMARTS) is 1. The van der Waals surface area contributed by atoms with Crippen LogP contribution >= 0.6 is 0 Å². The molecule has 0 aliphatic rings. The number of fused-ring (bicyclic) bond motifs is 1. The number of alkyl halides is 3. The highest BCUT2D eigenvalue weighted by atomic mass is 19.4. The van der Waals surface area contributed by atoms with Crippen LogP contribution in [0, 0.1) is 0 Å². The Balaban J connectivity index is 1.78. The fraction of sp³-hybridized carbons (Fsp3) is 0.125. The number of para-hydroxylation sites is 1. The standard InChI is InChI=1S/C24H18F3N3O2/c1-2-28-19-6-4-3-5-16(19)14-7-9-21(29-13-14)22-12-18(23(31)32)17-11-15(24(25,26)27)8-10-20(17)30-22/h3-13,28H,2H2,1H3,(H,31,32). The van der Waals surface area contributed by atoms with Crippen molar-refractivity contribution in [2.24, 2.45) is 0 Å². The van der Waals surface area contributed by atoms with E-state index in [1.807, 2.05) is 37.3 Å². The molecule has 2 N–H and O–H groups in total. The molecule has 0 radical (unpaired) electrons. The molecule has 162 valence electrons. The van der Waals surface area contributed by atoms with Gasteiger partial charge in [-0.25, -0.2) is 9.78 Å². The number of benzene rings is 2. The van der Waals surface area contributed by atoms with E-state index in [4.69, 9.17) is 0 Å². The van der Waals surface area contributed by atoms with Crippen molar-refractivity contribution < 1.29 is 23.1 Å². The van der Waals surface area contributed by atoms with Crippen molar-refractivity contribution in [3.05, 3.63) is 78.0 Å². The number of pyridine rings is 2. The van der Waals surface area contributed by atoms with Crippen LogP contribution in [0.15, 0.2) is 66.9 Å². The second-order valence-corrected chi connectivity index (χ2v) is 7.10. The van der Waals surface area contributed by atoms with Gasteiger partial charge < -0.3 is 10.4 Å². The summed E-state index contributed by atoms with van der Waals surface area (Å²) in [6.07, 6.45) is -2.92. The predicted molar refractivity (Wildman–Crippen MR) is 117 cm³/mol. The number of rotatable bonds is 5. The Bertz CT molecular complexity index is 1300. The molecule has 2 aromatic heterocycles. The van der Waals surface area contributed by atoms with Gasteiger partial charge in [0, 0.05) is 34.9 Å². The second kappa shape index (κ2) is 8.30. The molecule has 0 amide bonds. The van der Waals surface area contributed by atoms with E-state index in [9.17, 15) is 23.1 Å². The minimum Gasteiger partial charge on any atom is -0.478 e. The van der Waals surface area contributed by atoms with Crippen molar-refractivity contribution in [2.45, 2.75) is 13.1 Å². The maximum Gasteiger partial charge on any atom is 0.416 e. The van der Waals surface area contributed by atoms with E-state index in [1.165, 1.54) is 12.1 Å². The van der Waals surface area contributed by atoms with Crippen LogP contribution in [-0.2, 0) is 6.18 Å². The molecule has 0 saturated heterocycles. The van der Waals surface area contributed by atoms with E-state index in [0.29, 0.717) is 5.69 Å². The number of hydrogen-bond donors (Lipinski definition) is 2. The Kier molecular flexibility index (Phi) is 5.52. The number of halogens is 3. The quantitative estimate of drug-likeness (QED) is 0.394. The van der Waals surface area contributed by atoms with Gasteiger partial charge in [-0.3, -0.25) is 4.98 Å². The fourth-order valence-electron chi connectivity index (χ4n) is 3.49. The molecule has 4 rings (SSSR count). The van der Waals surface area contributed by atoms with E-state index >= 15 is 0 Å². The number of aromatic carboxylic acids is 1. The molecule has 0 aliphatic heterocycles. The molecule has 2 aromatic carbocycles. The van der Waals surface area contributed by atoms with Crippen molar-refractivity contribution in [3.8, 4) is 22.5 Å². The van der Waals surface area contributed by atoms with E-state index < -0.39 is 17.7 Å². The first-order valence-electron chi connectivity index (χ1n) is 9.83. The van der Waals surface area contributed by atoms with Gasteiger partial charge in [-0.15, -0.1) is 0 Å². The molecule has 0 spiro atoms. The van der Waals surface area contributed by atoms with Gasteiger partial charge in [0.05, 0.1) is 28.0 Å². The lowest BCUT2D eigenvalue weighted by Gasteiger charge is -2.12. The SMILES string of the molecule is CCNc1ccccc1-c1ccc(-c2cc(C(=O)O)c3cc(C(F)(F)F)ccc3n2)nc1.